The van der Waals surface area contributed by atoms with E-state index in [-0.39, 0.29) is 6.61 Å². The Labute approximate surface area is 143 Å². The Morgan fingerprint density at radius 2 is 1.58 bits per heavy atom. The fourth-order valence-corrected chi connectivity index (χ4v) is 2.23. The number of carboxylic acids is 1. The first kappa shape index (κ1) is 22.2. The molecular weight excluding hydrogens is 316 g/mol. The van der Waals surface area contributed by atoms with Crippen LogP contribution in [0.4, 0.5) is 4.79 Å². The number of amides is 2. The highest BCUT2D eigenvalue weighted by molar-refractivity contribution is 5.89. The zero-order chi connectivity index (χ0) is 19.2. The van der Waals surface area contributed by atoms with Crippen LogP contribution in [0.2, 0.25) is 0 Å². The monoisotopic (exact) mass is 346 g/mol. The predicted octanol–water partition coefficient (Wildman–Crippen LogP) is 1.44. The molecule has 0 aliphatic carbocycles. The minimum Gasteiger partial charge on any atom is -0.480 e. The number of ether oxygens (including phenoxy) is 2. The Bertz CT molecular complexity index is 460. The van der Waals surface area contributed by atoms with E-state index in [2.05, 4.69) is 0 Å². The number of aliphatic carboxylic acids is 1. The van der Waals surface area contributed by atoms with E-state index in [4.69, 9.17) is 9.47 Å². The molecule has 0 rings (SSSR count). The van der Waals surface area contributed by atoms with Gasteiger partial charge in [0, 0.05) is 27.1 Å². The smallest absolute Gasteiger partial charge is 0.410 e. The second-order valence-electron chi connectivity index (χ2n) is 6.93. The zero-order valence-electron chi connectivity index (χ0n) is 15.8. The van der Waals surface area contributed by atoms with E-state index in [1.54, 1.807) is 27.7 Å². The first-order valence-corrected chi connectivity index (χ1v) is 7.77. The number of nitrogens with zero attached hydrogens (tertiary/aromatic N) is 2. The molecule has 24 heavy (non-hydrogen) atoms. The largest absolute Gasteiger partial charge is 0.480 e. The molecule has 0 aliphatic heterocycles. The third-order valence-corrected chi connectivity index (χ3v) is 3.61. The van der Waals surface area contributed by atoms with Crippen molar-refractivity contribution in [2.45, 2.75) is 52.3 Å². The van der Waals surface area contributed by atoms with Crippen LogP contribution in [0.25, 0.3) is 0 Å². The van der Waals surface area contributed by atoms with Crippen LogP contribution in [-0.2, 0) is 19.1 Å². The van der Waals surface area contributed by atoms with Crippen molar-refractivity contribution in [3.8, 4) is 0 Å². The van der Waals surface area contributed by atoms with Crippen molar-refractivity contribution < 1.29 is 29.0 Å². The number of methoxy groups -OCH3 is 1. The second-order valence-corrected chi connectivity index (χ2v) is 6.93. The Kier molecular flexibility index (Phi) is 8.19. The van der Waals surface area contributed by atoms with Gasteiger partial charge in [-0.2, -0.15) is 0 Å². The SMILES string of the molecule is COC[C@@H](C)[C@@H](C(=O)O)N(C)C(=O)[C@@H](C)N(C)C(=O)OC(C)(C)C. The minimum absolute atomic E-state index is 0.199. The van der Waals surface area contributed by atoms with Gasteiger partial charge in [-0.1, -0.05) is 6.92 Å². The molecule has 0 unspecified atom stereocenters. The van der Waals surface area contributed by atoms with Crippen LogP contribution in [0, 0.1) is 5.92 Å². The van der Waals surface area contributed by atoms with E-state index in [1.807, 2.05) is 0 Å². The molecule has 0 aromatic heterocycles. The van der Waals surface area contributed by atoms with E-state index >= 15 is 0 Å². The molecule has 1 N–H and O–H groups in total. The summed E-state index contributed by atoms with van der Waals surface area (Å²) < 4.78 is 10.2. The van der Waals surface area contributed by atoms with Crippen molar-refractivity contribution >= 4 is 18.0 Å². The molecule has 0 fully saturated rings. The van der Waals surface area contributed by atoms with E-state index < -0.39 is 41.6 Å². The van der Waals surface area contributed by atoms with Gasteiger partial charge in [0.1, 0.15) is 17.7 Å². The normalized spacial score (nSPS) is 15.2. The molecule has 0 bridgehead atoms. The number of carboxylic acid groups (broad SMARTS) is 1. The van der Waals surface area contributed by atoms with E-state index in [0.717, 1.165) is 9.80 Å². The first-order valence-electron chi connectivity index (χ1n) is 7.77. The van der Waals surface area contributed by atoms with Crippen molar-refractivity contribution in [1.29, 1.82) is 0 Å². The van der Waals surface area contributed by atoms with Crippen LogP contribution >= 0.6 is 0 Å². The summed E-state index contributed by atoms with van der Waals surface area (Å²) in [7, 11) is 4.32. The lowest BCUT2D eigenvalue weighted by Crippen LogP contribution is -2.54. The summed E-state index contributed by atoms with van der Waals surface area (Å²) in [4.78, 5) is 38.5. The van der Waals surface area contributed by atoms with Gasteiger partial charge in [-0.05, 0) is 27.7 Å². The van der Waals surface area contributed by atoms with Crippen LogP contribution in [0.1, 0.15) is 34.6 Å². The highest BCUT2D eigenvalue weighted by Crippen LogP contribution is 2.15. The number of rotatable bonds is 7. The molecule has 8 nitrogen and oxygen atoms in total. The molecular formula is C16H30N2O6. The van der Waals surface area contributed by atoms with Crippen molar-refractivity contribution in [2.24, 2.45) is 5.92 Å². The van der Waals surface area contributed by atoms with E-state index in [9.17, 15) is 19.5 Å². The second kappa shape index (κ2) is 8.86. The first-order chi connectivity index (χ1) is 10.8. The number of hydrogen-bond donors (Lipinski definition) is 1. The maximum Gasteiger partial charge on any atom is 0.410 e. The molecule has 0 spiro atoms. The van der Waals surface area contributed by atoms with Crippen molar-refractivity contribution in [3.63, 3.8) is 0 Å². The molecule has 3 atom stereocenters. The molecule has 0 aromatic carbocycles. The summed E-state index contributed by atoms with van der Waals surface area (Å²) in [5.74, 6) is -2.01. The molecule has 0 saturated carbocycles. The van der Waals surface area contributed by atoms with Crippen molar-refractivity contribution in [2.75, 3.05) is 27.8 Å². The van der Waals surface area contributed by atoms with E-state index in [1.165, 1.54) is 28.1 Å². The summed E-state index contributed by atoms with van der Waals surface area (Å²) in [6.07, 6.45) is -0.645. The van der Waals surface area contributed by atoms with Crippen LogP contribution < -0.4 is 0 Å². The number of likely N-dealkylation sites (N-methyl/N-ethyl adjacent to an activating group) is 2. The van der Waals surface area contributed by atoms with Crippen LogP contribution in [0.15, 0.2) is 0 Å². The summed E-state index contributed by atoms with van der Waals surface area (Å²) in [6.45, 7) is 8.60. The zero-order valence-corrected chi connectivity index (χ0v) is 15.8. The average Bonchev–Trinajstić information content (AvgIpc) is 2.42. The number of carbonyl (C=O) groups is 3. The predicted molar refractivity (Wildman–Crippen MR) is 88.7 cm³/mol. The van der Waals surface area contributed by atoms with Gasteiger partial charge in [0.2, 0.25) is 5.91 Å². The van der Waals surface area contributed by atoms with Gasteiger partial charge in [-0.3, -0.25) is 9.69 Å². The summed E-state index contributed by atoms with van der Waals surface area (Å²) in [5, 5.41) is 9.42. The fraction of sp³-hybridized carbons (Fsp3) is 0.812. The number of carbonyl (C=O) groups excluding carboxylic acids is 2. The minimum atomic E-state index is -1.12. The van der Waals surface area contributed by atoms with Gasteiger partial charge < -0.3 is 19.5 Å². The Balaban J connectivity index is 5.14. The van der Waals surface area contributed by atoms with Gasteiger partial charge in [-0.15, -0.1) is 0 Å². The fourth-order valence-electron chi connectivity index (χ4n) is 2.23. The lowest BCUT2D eigenvalue weighted by Gasteiger charge is -2.34. The number of hydrogen-bond acceptors (Lipinski definition) is 5. The molecule has 2 amide bonds. The van der Waals surface area contributed by atoms with Gasteiger partial charge >= 0.3 is 12.1 Å². The average molecular weight is 346 g/mol. The summed E-state index contributed by atoms with van der Waals surface area (Å²) >= 11 is 0. The quantitative estimate of drug-likeness (QED) is 0.749. The van der Waals surface area contributed by atoms with Crippen LogP contribution in [0.5, 0.6) is 0 Å². The highest BCUT2D eigenvalue weighted by atomic mass is 16.6. The molecule has 0 aliphatic rings. The third-order valence-electron chi connectivity index (χ3n) is 3.61. The standard InChI is InChI=1S/C16H30N2O6/c1-10(9-23-8)12(14(20)21)18(7)13(19)11(2)17(6)15(22)24-16(3,4)5/h10-12H,9H2,1-8H3,(H,20,21)/t10-,11-,12+/m1/s1. The van der Waals surface area contributed by atoms with Gasteiger partial charge in [-0.25, -0.2) is 9.59 Å². The maximum absolute atomic E-state index is 12.6. The maximum atomic E-state index is 12.6. The Morgan fingerprint density at radius 3 is 1.96 bits per heavy atom. The van der Waals surface area contributed by atoms with Crippen molar-refractivity contribution in [1.82, 2.24) is 9.80 Å². The van der Waals surface area contributed by atoms with Gasteiger partial charge in [0.05, 0.1) is 6.61 Å². The lowest BCUT2D eigenvalue weighted by atomic mass is 10.0. The third kappa shape index (κ3) is 6.35. The van der Waals surface area contributed by atoms with E-state index in [0.29, 0.717) is 0 Å². The summed E-state index contributed by atoms with van der Waals surface area (Å²) in [6, 6.07) is -1.91. The van der Waals surface area contributed by atoms with Gasteiger partial charge in [0.15, 0.2) is 0 Å². The molecule has 0 radical (unpaired) electrons. The molecule has 0 aromatic rings. The van der Waals surface area contributed by atoms with Crippen LogP contribution in [-0.4, -0.2) is 78.4 Å². The van der Waals surface area contributed by atoms with Gasteiger partial charge in [0.25, 0.3) is 0 Å². The van der Waals surface area contributed by atoms with Crippen LogP contribution in [0.3, 0.4) is 0 Å². The molecule has 140 valence electrons. The molecule has 8 heteroatoms. The van der Waals surface area contributed by atoms with Crippen molar-refractivity contribution in [3.05, 3.63) is 0 Å². The topological polar surface area (TPSA) is 96.4 Å². The molecule has 0 heterocycles. The Hall–Kier alpha value is -1.83. The highest BCUT2D eigenvalue weighted by Gasteiger charge is 2.36. The Morgan fingerprint density at radius 1 is 1.08 bits per heavy atom. The molecule has 0 saturated heterocycles. The summed E-state index contributed by atoms with van der Waals surface area (Å²) in [5.41, 5.74) is -0.684. The lowest BCUT2D eigenvalue weighted by molar-refractivity contribution is -0.153.